The summed E-state index contributed by atoms with van der Waals surface area (Å²) >= 11 is 1.51. The Morgan fingerprint density at radius 3 is 2.59 bits per heavy atom. The molecule has 1 aliphatic rings. The first-order valence-corrected chi connectivity index (χ1v) is 7.22. The van der Waals surface area contributed by atoms with E-state index in [9.17, 15) is 4.79 Å². The fourth-order valence-corrected chi connectivity index (χ4v) is 2.83. The van der Waals surface area contributed by atoms with Gasteiger partial charge in [-0.2, -0.15) is 0 Å². The van der Waals surface area contributed by atoms with E-state index < -0.39 is 0 Å². The molecule has 1 saturated heterocycles. The summed E-state index contributed by atoms with van der Waals surface area (Å²) in [4.78, 5) is 11.5. The van der Waals surface area contributed by atoms with Gasteiger partial charge in [0.15, 0.2) is 5.12 Å². The Bertz CT molecular complexity index is 221. The van der Waals surface area contributed by atoms with E-state index in [1.165, 1.54) is 11.8 Å². The highest BCUT2D eigenvalue weighted by Gasteiger charge is 2.24. The Morgan fingerprint density at radius 2 is 2.00 bits per heavy atom. The molecule has 0 N–H and O–H groups in total. The van der Waals surface area contributed by atoms with Gasteiger partial charge in [0.05, 0.1) is 32.6 Å². The highest BCUT2D eigenvalue weighted by atomic mass is 127. The van der Waals surface area contributed by atoms with Gasteiger partial charge >= 0.3 is 0 Å². The summed E-state index contributed by atoms with van der Waals surface area (Å²) in [5, 5.41) is 0.363. The first-order chi connectivity index (χ1) is 7.66. The van der Waals surface area contributed by atoms with E-state index in [-0.39, 0.29) is 24.0 Å². The Morgan fingerprint density at radius 1 is 1.35 bits per heavy atom. The summed E-state index contributed by atoms with van der Waals surface area (Å²) in [7, 11) is 2.26. The third-order valence-corrected chi connectivity index (χ3v) is 4.09. The third kappa shape index (κ3) is 7.64. The van der Waals surface area contributed by atoms with Crippen molar-refractivity contribution in [2.24, 2.45) is 0 Å². The standard InChI is InChI=1S/C12H24NO2S.HI/c1-3-4-5-12(14)16-11-8-13(2)6-9-15-10-7-13;/h3-11H2,1-2H3;1H/q+1;/p-1. The number of carbonyl (C=O) groups excluding carboxylic acids is 1. The van der Waals surface area contributed by atoms with E-state index in [2.05, 4.69) is 14.0 Å². The smallest absolute Gasteiger partial charge is 0.189 e. The Labute approximate surface area is 126 Å². The lowest BCUT2D eigenvalue weighted by molar-refractivity contribution is -0.914. The lowest BCUT2D eigenvalue weighted by Crippen LogP contribution is -3.00. The number of ether oxygens (including phenoxy) is 1. The number of halogens is 1. The van der Waals surface area contributed by atoms with Crippen LogP contribution in [-0.4, -0.2) is 55.2 Å². The van der Waals surface area contributed by atoms with Crippen molar-refractivity contribution < 1.29 is 38.0 Å². The van der Waals surface area contributed by atoms with Crippen LogP contribution in [-0.2, 0) is 9.53 Å². The second-order valence-corrected chi connectivity index (χ2v) is 5.88. The molecule has 0 aliphatic carbocycles. The topological polar surface area (TPSA) is 26.3 Å². The molecule has 1 fully saturated rings. The second-order valence-electron chi connectivity index (χ2n) is 4.73. The van der Waals surface area contributed by atoms with Crippen molar-refractivity contribution in [1.29, 1.82) is 0 Å². The highest BCUT2D eigenvalue weighted by molar-refractivity contribution is 8.13. The Balaban J connectivity index is 0.00000256. The lowest BCUT2D eigenvalue weighted by Gasteiger charge is -2.37. The van der Waals surface area contributed by atoms with Crippen molar-refractivity contribution in [3.05, 3.63) is 0 Å². The number of nitrogens with zero attached hydrogens (tertiary/aromatic N) is 1. The lowest BCUT2D eigenvalue weighted by atomic mass is 10.3. The average molecular weight is 373 g/mol. The molecule has 0 saturated carbocycles. The molecule has 0 aromatic carbocycles. The third-order valence-electron chi connectivity index (χ3n) is 3.18. The number of thioether (sulfide) groups is 1. The number of rotatable bonds is 6. The summed E-state index contributed by atoms with van der Waals surface area (Å²) in [5.74, 6) is 0.957. The predicted molar refractivity (Wildman–Crippen MR) is 68.6 cm³/mol. The van der Waals surface area contributed by atoms with Crippen LogP contribution in [0.4, 0.5) is 0 Å². The minimum Gasteiger partial charge on any atom is -1.00 e. The summed E-state index contributed by atoms with van der Waals surface area (Å²) in [6.45, 7) is 7.12. The minimum absolute atomic E-state index is 0. The predicted octanol–water partition coefficient (Wildman–Crippen LogP) is -1.08. The molecular formula is C12H24INO2S. The van der Waals surface area contributed by atoms with E-state index in [1.807, 2.05) is 0 Å². The zero-order valence-corrected chi connectivity index (χ0v) is 13.9. The van der Waals surface area contributed by atoms with Crippen molar-refractivity contribution in [3.8, 4) is 0 Å². The summed E-state index contributed by atoms with van der Waals surface area (Å²) in [5.41, 5.74) is 0. The molecule has 1 heterocycles. The molecule has 0 unspecified atom stereocenters. The molecule has 1 aliphatic heterocycles. The molecule has 0 atom stereocenters. The van der Waals surface area contributed by atoms with Gasteiger partial charge in [0.25, 0.3) is 0 Å². The van der Waals surface area contributed by atoms with Crippen LogP contribution in [0.1, 0.15) is 26.2 Å². The normalized spacial score (nSPS) is 18.5. The fraction of sp³-hybridized carbons (Fsp3) is 0.917. The van der Waals surface area contributed by atoms with Crippen LogP contribution in [0, 0.1) is 0 Å². The summed E-state index contributed by atoms with van der Waals surface area (Å²) in [6, 6.07) is 0. The minimum atomic E-state index is 0. The number of hydrogen-bond donors (Lipinski definition) is 0. The Hall–Kier alpha value is 0.670. The molecule has 102 valence electrons. The molecule has 0 amide bonds. The number of unbranched alkanes of at least 4 members (excludes halogenated alkanes) is 1. The van der Waals surface area contributed by atoms with Crippen molar-refractivity contribution in [1.82, 2.24) is 0 Å². The van der Waals surface area contributed by atoms with E-state index in [0.29, 0.717) is 5.12 Å². The van der Waals surface area contributed by atoms with Gasteiger partial charge in [-0.25, -0.2) is 0 Å². The summed E-state index contributed by atoms with van der Waals surface area (Å²) < 4.78 is 6.42. The molecule has 17 heavy (non-hydrogen) atoms. The van der Waals surface area contributed by atoms with Gasteiger partial charge in [0.1, 0.15) is 13.1 Å². The van der Waals surface area contributed by atoms with Crippen LogP contribution in [0.3, 0.4) is 0 Å². The van der Waals surface area contributed by atoms with Gasteiger partial charge in [0.2, 0.25) is 0 Å². The quantitative estimate of drug-likeness (QED) is 0.438. The zero-order valence-electron chi connectivity index (χ0n) is 10.9. The molecule has 0 bridgehead atoms. The molecular weight excluding hydrogens is 349 g/mol. The highest BCUT2D eigenvalue weighted by Crippen LogP contribution is 2.13. The van der Waals surface area contributed by atoms with Gasteiger partial charge < -0.3 is 33.2 Å². The Kier molecular flexibility index (Phi) is 9.96. The number of hydrogen-bond acceptors (Lipinski definition) is 3. The van der Waals surface area contributed by atoms with Gasteiger partial charge in [0, 0.05) is 6.42 Å². The van der Waals surface area contributed by atoms with Crippen LogP contribution in [0.25, 0.3) is 0 Å². The molecule has 1 rings (SSSR count). The summed E-state index contributed by atoms with van der Waals surface area (Å²) in [6.07, 6.45) is 2.89. The molecule has 3 nitrogen and oxygen atoms in total. The van der Waals surface area contributed by atoms with Gasteiger partial charge in [-0.15, -0.1) is 0 Å². The van der Waals surface area contributed by atoms with Crippen molar-refractivity contribution in [3.63, 3.8) is 0 Å². The van der Waals surface area contributed by atoms with Crippen molar-refractivity contribution >= 4 is 16.9 Å². The maximum Gasteiger partial charge on any atom is 0.189 e. The molecule has 0 aromatic rings. The molecule has 0 aromatic heterocycles. The first kappa shape index (κ1) is 17.7. The van der Waals surface area contributed by atoms with E-state index in [0.717, 1.165) is 62.3 Å². The van der Waals surface area contributed by atoms with Crippen molar-refractivity contribution in [2.75, 3.05) is 45.6 Å². The molecule has 0 spiro atoms. The number of morpholine rings is 1. The van der Waals surface area contributed by atoms with Crippen LogP contribution in [0.2, 0.25) is 0 Å². The number of likely N-dealkylation sites (N-methyl/N-ethyl adjacent to an activating group) is 1. The second kappa shape index (κ2) is 9.58. The van der Waals surface area contributed by atoms with Crippen LogP contribution >= 0.6 is 11.8 Å². The number of quaternary nitrogens is 1. The maximum absolute atomic E-state index is 11.5. The largest absolute Gasteiger partial charge is 1.00 e. The van der Waals surface area contributed by atoms with Crippen LogP contribution < -0.4 is 24.0 Å². The molecule has 5 heteroatoms. The average Bonchev–Trinajstić information content (AvgIpc) is 2.27. The van der Waals surface area contributed by atoms with Gasteiger partial charge in [-0.3, -0.25) is 4.79 Å². The van der Waals surface area contributed by atoms with Crippen molar-refractivity contribution in [2.45, 2.75) is 26.2 Å². The van der Waals surface area contributed by atoms with E-state index in [1.54, 1.807) is 0 Å². The SMILES string of the molecule is CCCCC(=O)SCC[N+]1(C)CCOCC1.[I-]. The monoisotopic (exact) mass is 373 g/mol. The van der Waals surface area contributed by atoms with E-state index in [4.69, 9.17) is 4.74 Å². The molecule has 0 radical (unpaired) electrons. The van der Waals surface area contributed by atoms with Crippen LogP contribution in [0.5, 0.6) is 0 Å². The maximum atomic E-state index is 11.5. The number of carbonyl (C=O) groups is 1. The van der Waals surface area contributed by atoms with E-state index >= 15 is 0 Å². The first-order valence-electron chi connectivity index (χ1n) is 6.23. The zero-order chi connectivity index (χ0) is 11.9. The fourth-order valence-electron chi connectivity index (χ4n) is 1.78. The van der Waals surface area contributed by atoms with Crippen LogP contribution in [0.15, 0.2) is 0 Å². The van der Waals surface area contributed by atoms with Gasteiger partial charge in [-0.1, -0.05) is 25.1 Å². The van der Waals surface area contributed by atoms with Gasteiger partial charge in [-0.05, 0) is 6.42 Å².